The zero-order valence-corrected chi connectivity index (χ0v) is 11.8. The van der Waals surface area contributed by atoms with Crippen molar-refractivity contribution < 1.29 is 22.4 Å². The number of benzene rings is 1. The van der Waals surface area contributed by atoms with Crippen LogP contribution in [-0.2, 0) is 6.18 Å². The number of hydrogen-bond acceptors (Lipinski definition) is 1. The van der Waals surface area contributed by atoms with E-state index in [4.69, 9.17) is 11.6 Å². The van der Waals surface area contributed by atoms with Crippen LogP contribution in [-0.4, -0.2) is 17.8 Å². The third kappa shape index (κ3) is 4.09. The molecule has 1 aliphatic rings. The molecule has 1 aliphatic carbocycles. The molecule has 1 saturated carbocycles. The van der Waals surface area contributed by atoms with Gasteiger partial charge in [0.05, 0.1) is 5.56 Å². The second kappa shape index (κ2) is 6.22. The van der Waals surface area contributed by atoms with Gasteiger partial charge < -0.3 is 5.32 Å². The molecule has 21 heavy (non-hydrogen) atoms. The Morgan fingerprint density at radius 2 is 2.05 bits per heavy atom. The van der Waals surface area contributed by atoms with Crippen molar-refractivity contribution in [1.29, 1.82) is 0 Å². The van der Waals surface area contributed by atoms with Crippen LogP contribution in [0.1, 0.15) is 35.2 Å². The Balaban J connectivity index is 2.02. The zero-order chi connectivity index (χ0) is 15.6. The molecule has 0 bridgehead atoms. The second-order valence-electron chi connectivity index (χ2n) is 5.18. The number of rotatable bonds is 3. The van der Waals surface area contributed by atoms with Gasteiger partial charge in [0.25, 0.3) is 5.91 Å². The lowest BCUT2D eigenvalue weighted by Crippen LogP contribution is -2.29. The number of carbonyl (C=O) groups excluding carboxylic acids is 1. The molecule has 7 heteroatoms. The van der Waals surface area contributed by atoms with Gasteiger partial charge in [0, 0.05) is 17.5 Å². The molecule has 0 spiro atoms. The molecule has 0 radical (unpaired) electrons. The van der Waals surface area contributed by atoms with Gasteiger partial charge in [-0.15, -0.1) is 11.6 Å². The van der Waals surface area contributed by atoms with Crippen LogP contribution in [0.5, 0.6) is 0 Å². The van der Waals surface area contributed by atoms with Gasteiger partial charge in [-0.05, 0) is 43.4 Å². The van der Waals surface area contributed by atoms with Crippen molar-refractivity contribution in [2.24, 2.45) is 5.92 Å². The quantitative estimate of drug-likeness (QED) is 0.661. The van der Waals surface area contributed by atoms with Crippen molar-refractivity contribution in [1.82, 2.24) is 5.32 Å². The number of hydrogen-bond donors (Lipinski definition) is 1. The van der Waals surface area contributed by atoms with Gasteiger partial charge in [-0.3, -0.25) is 4.79 Å². The van der Waals surface area contributed by atoms with Crippen LogP contribution >= 0.6 is 11.6 Å². The molecule has 0 saturated heterocycles. The number of alkyl halides is 4. The summed E-state index contributed by atoms with van der Waals surface area (Å²) in [5, 5.41) is 2.66. The van der Waals surface area contributed by atoms with Crippen LogP contribution in [0.15, 0.2) is 18.2 Å². The van der Waals surface area contributed by atoms with Gasteiger partial charge >= 0.3 is 6.18 Å². The van der Waals surface area contributed by atoms with E-state index < -0.39 is 23.5 Å². The van der Waals surface area contributed by atoms with Gasteiger partial charge in [0.2, 0.25) is 0 Å². The van der Waals surface area contributed by atoms with Crippen molar-refractivity contribution in [3.63, 3.8) is 0 Å². The average molecular weight is 324 g/mol. The van der Waals surface area contributed by atoms with E-state index >= 15 is 0 Å². The first-order valence-electron chi connectivity index (χ1n) is 6.56. The van der Waals surface area contributed by atoms with Gasteiger partial charge in [-0.25, -0.2) is 4.39 Å². The van der Waals surface area contributed by atoms with E-state index in [1.54, 1.807) is 0 Å². The summed E-state index contributed by atoms with van der Waals surface area (Å²) in [6, 6.07) is 2.23. The normalized spacial score (nSPS) is 22.3. The minimum Gasteiger partial charge on any atom is -0.352 e. The first-order valence-corrected chi connectivity index (χ1v) is 7.00. The summed E-state index contributed by atoms with van der Waals surface area (Å²) in [4.78, 5) is 11.8. The Bertz CT molecular complexity index is 532. The largest absolute Gasteiger partial charge is 0.419 e. The molecular weight excluding hydrogens is 310 g/mol. The van der Waals surface area contributed by atoms with Gasteiger partial charge in [-0.2, -0.15) is 13.2 Å². The first-order chi connectivity index (χ1) is 9.77. The highest BCUT2D eigenvalue weighted by Crippen LogP contribution is 2.32. The molecule has 0 heterocycles. The third-order valence-corrected chi connectivity index (χ3v) is 3.96. The molecule has 1 N–H and O–H groups in total. The highest BCUT2D eigenvalue weighted by Gasteiger charge is 2.34. The molecule has 1 aromatic carbocycles. The maximum absolute atomic E-state index is 13.1. The fourth-order valence-corrected chi connectivity index (χ4v) is 2.80. The molecule has 116 valence electrons. The standard InChI is InChI=1S/C14H14ClF4NO/c15-10-3-1-8(5-10)7-20-13(21)9-2-4-12(16)11(6-9)14(17,18)19/h2,4,6,8,10H,1,3,5,7H2,(H,20,21). The first kappa shape index (κ1) is 16.1. The van der Waals surface area contributed by atoms with Gasteiger partial charge in [0.1, 0.15) is 5.82 Å². The van der Waals surface area contributed by atoms with Crippen molar-refractivity contribution in [3.8, 4) is 0 Å². The summed E-state index contributed by atoms with van der Waals surface area (Å²) in [5.74, 6) is -1.79. The third-order valence-electron chi connectivity index (χ3n) is 3.56. The molecule has 1 amide bonds. The Labute approximate surface area is 124 Å². The number of nitrogens with one attached hydrogen (secondary N) is 1. The number of amides is 1. The zero-order valence-electron chi connectivity index (χ0n) is 11.0. The minimum absolute atomic E-state index is 0.0922. The van der Waals surface area contributed by atoms with E-state index in [9.17, 15) is 22.4 Å². The molecule has 2 nitrogen and oxygen atoms in total. The minimum atomic E-state index is -4.82. The fourth-order valence-electron chi connectivity index (χ4n) is 2.42. The Morgan fingerprint density at radius 3 is 2.62 bits per heavy atom. The van der Waals surface area contributed by atoms with Crippen molar-refractivity contribution in [3.05, 3.63) is 35.1 Å². The Kier molecular flexibility index (Phi) is 4.76. The summed E-state index contributed by atoms with van der Waals surface area (Å²) in [7, 11) is 0. The highest BCUT2D eigenvalue weighted by atomic mass is 35.5. The summed E-state index contributed by atoms with van der Waals surface area (Å²) in [6.45, 7) is 0.362. The molecule has 2 atom stereocenters. The van der Waals surface area contributed by atoms with Crippen molar-refractivity contribution in [2.75, 3.05) is 6.54 Å². The summed E-state index contributed by atoms with van der Waals surface area (Å²) in [6.07, 6.45) is -2.29. The molecule has 0 aromatic heterocycles. The lowest BCUT2D eigenvalue weighted by Gasteiger charge is -2.12. The summed E-state index contributed by atoms with van der Waals surface area (Å²) >= 11 is 5.95. The van der Waals surface area contributed by atoms with Crippen LogP contribution in [0, 0.1) is 11.7 Å². The van der Waals surface area contributed by atoms with E-state index in [1.807, 2.05) is 0 Å². The molecule has 1 fully saturated rings. The van der Waals surface area contributed by atoms with E-state index in [0.29, 0.717) is 18.7 Å². The molecule has 2 rings (SSSR count). The van der Waals surface area contributed by atoms with Crippen LogP contribution in [0.2, 0.25) is 0 Å². The van der Waals surface area contributed by atoms with Gasteiger partial charge in [0.15, 0.2) is 0 Å². The predicted molar refractivity (Wildman–Crippen MR) is 70.7 cm³/mol. The van der Waals surface area contributed by atoms with Crippen molar-refractivity contribution in [2.45, 2.75) is 30.8 Å². The number of halogens is 5. The molecule has 2 unspecified atom stereocenters. The smallest absolute Gasteiger partial charge is 0.352 e. The van der Waals surface area contributed by atoms with E-state index in [2.05, 4.69) is 5.32 Å². The SMILES string of the molecule is O=C(NCC1CCC(Cl)C1)c1ccc(F)c(C(F)(F)F)c1. The van der Waals surface area contributed by atoms with Crippen LogP contribution in [0.4, 0.5) is 17.6 Å². The van der Waals surface area contributed by atoms with E-state index in [-0.39, 0.29) is 16.9 Å². The predicted octanol–water partition coefficient (Wildman–Crippen LogP) is 3.98. The second-order valence-corrected chi connectivity index (χ2v) is 5.80. The van der Waals surface area contributed by atoms with Crippen LogP contribution in [0.3, 0.4) is 0 Å². The van der Waals surface area contributed by atoms with Crippen molar-refractivity contribution >= 4 is 17.5 Å². The Hall–Kier alpha value is -1.30. The van der Waals surface area contributed by atoms with Crippen LogP contribution in [0.25, 0.3) is 0 Å². The summed E-state index contributed by atoms with van der Waals surface area (Å²) in [5.41, 5.74) is -1.64. The lowest BCUT2D eigenvalue weighted by molar-refractivity contribution is -0.140. The Morgan fingerprint density at radius 1 is 1.33 bits per heavy atom. The topological polar surface area (TPSA) is 29.1 Å². The van der Waals surface area contributed by atoms with Crippen LogP contribution < -0.4 is 5.32 Å². The van der Waals surface area contributed by atoms with Gasteiger partial charge in [-0.1, -0.05) is 0 Å². The summed E-state index contributed by atoms with van der Waals surface area (Å²) < 4.78 is 50.9. The lowest BCUT2D eigenvalue weighted by atomic mass is 10.1. The fraction of sp³-hybridized carbons (Fsp3) is 0.500. The van der Waals surface area contributed by atoms with E-state index in [0.717, 1.165) is 25.3 Å². The maximum atomic E-state index is 13.1. The maximum Gasteiger partial charge on any atom is 0.419 e. The highest BCUT2D eigenvalue weighted by molar-refractivity contribution is 6.20. The van der Waals surface area contributed by atoms with E-state index in [1.165, 1.54) is 0 Å². The number of carbonyl (C=O) groups is 1. The molecule has 1 aromatic rings. The molecular formula is C14H14ClF4NO. The average Bonchev–Trinajstić information content (AvgIpc) is 2.81. The molecule has 0 aliphatic heterocycles. The monoisotopic (exact) mass is 323 g/mol.